The number of esters is 4. The molecule has 0 spiro atoms. The summed E-state index contributed by atoms with van der Waals surface area (Å²) >= 11 is 0. The summed E-state index contributed by atoms with van der Waals surface area (Å²) in [5.41, 5.74) is -4.96. The second kappa shape index (κ2) is 57.7. The number of hydrogen-bond acceptors (Lipinski definition) is 21. The van der Waals surface area contributed by atoms with E-state index in [2.05, 4.69) is 82.0 Å². The van der Waals surface area contributed by atoms with Crippen LogP contribution in [0.2, 0.25) is 18.1 Å². The summed E-state index contributed by atoms with van der Waals surface area (Å²) in [6.45, 7) is 28.0. The van der Waals surface area contributed by atoms with Gasteiger partial charge in [0.25, 0.3) is 0 Å². The predicted octanol–water partition coefficient (Wildman–Crippen LogP) is 18.1. The molecule has 696 valence electrons. The molecule has 5 N–H and O–H groups in total. The second-order valence-electron chi connectivity index (χ2n) is 35.9. The Hall–Kier alpha value is -9.11. The molecule has 2 amide bonds. The van der Waals surface area contributed by atoms with Gasteiger partial charge in [-0.15, -0.1) is 11.8 Å². The van der Waals surface area contributed by atoms with E-state index in [1.54, 1.807) is 177 Å². The number of aliphatic hydroxyl groups excluding tert-OH is 1. The van der Waals surface area contributed by atoms with Crippen molar-refractivity contribution in [2.24, 2.45) is 11.8 Å². The number of nitrogens with one attached hydrogen (secondary N) is 2. The summed E-state index contributed by atoms with van der Waals surface area (Å²) in [4.78, 5) is 123. The number of allylic oxidation sites excluding steroid dienone is 2. The highest BCUT2D eigenvalue weighted by atomic mass is 28.4. The quantitative estimate of drug-likeness (QED) is 0.00521. The summed E-state index contributed by atoms with van der Waals surface area (Å²) in [7, 11) is -2.36. The summed E-state index contributed by atoms with van der Waals surface area (Å²) in [5, 5.41) is 39.9. The maximum Gasteiger partial charge on any atom is 0.339 e. The topological polar surface area (TPSA) is 321 Å². The Bertz CT molecular complexity index is 4110. The van der Waals surface area contributed by atoms with Gasteiger partial charge in [-0.25, -0.2) is 19.2 Å². The monoisotopic (exact) mass is 1770 g/mol. The minimum absolute atomic E-state index is 0.0250. The zero-order valence-corrected chi connectivity index (χ0v) is 79.2. The first-order chi connectivity index (χ1) is 59.9. The average Bonchev–Trinajstić information content (AvgIpc) is 1.06. The number of Topliss-reactive ketones (excluding diaryl/α,β-unsaturated/α-hetero) is 3. The minimum atomic E-state index is -2.50. The lowest BCUT2D eigenvalue weighted by molar-refractivity contribution is -0.185. The number of rotatable bonds is 58. The number of unbranched alkanes of at least 4 members (excludes halogenated alkanes) is 16. The zero-order chi connectivity index (χ0) is 93.1. The highest BCUT2D eigenvalue weighted by Crippen LogP contribution is 2.39. The van der Waals surface area contributed by atoms with Crippen LogP contribution >= 0.6 is 0 Å². The summed E-state index contributed by atoms with van der Waals surface area (Å²) in [6, 6.07) is 27.9. The van der Waals surface area contributed by atoms with Crippen molar-refractivity contribution < 1.29 is 101 Å². The molecule has 24 heteroatoms. The number of ether oxygens (including phenoxy) is 8. The fourth-order valence-electron chi connectivity index (χ4n) is 13.7. The standard InChI is InChI=1S/C55H83NO11Si.C47H65NO10/c1-11-13-15-19-25-34-54(64-39-40-65-54)35-26-20-17-16-18-24-29-46(55(61,51(60)67-52(3,4)5)36-38-66-68(9,10)53(6,7)8)49(58)56-47(41-43-30-32-45(33-31-43)62-37-14-12-2)50(59)63-42-48(57)44-27-22-21-23-28-44;1-6-8-10-13-19-24-38(50)25-20-14-11-12-15-21-26-40(47(55,31-32-49)45(54)58-46(3,4)5)43(52)48-41(34-36-27-29-39(30-28-36)56-33-9-7-2)44(53)57-35-42(51)37-22-17-16-18-23-37/h21-24,27-33,46-47,61H,11,13,15-20,25-26,34-42H2,1-10H3,(H,56,58);16-18,21-23,26-30,40-41,49,55H,6,8,10-15,19-20,24-25,31-35H2,1-5H3,(H,48,52)/b29-24+;26-21+/t46-,47+,55+;40-,41+,47+/m11/s1. The van der Waals surface area contributed by atoms with Crippen LogP contribution in [0.15, 0.2) is 133 Å². The lowest BCUT2D eigenvalue weighted by atomic mass is 9.82. The van der Waals surface area contributed by atoms with Gasteiger partial charge in [0, 0.05) is 75.7 Å². The van der Waals surface area contributed by atoms with Crippen LogP contribution in [0.5, 0.6) is 11.5 Å². The van der Waals surface area contributed by atoms with Crippen LogP contribution in [0.1, 0.15) is 289 Å². The molecule has 0 aliphatic carbocycles. The van der Waals surface area contributed by atoms with Gasteiger partial charge in [0.1, 0.15) is 53.8 Å². The van der Waals surface area contributed by atoms with E-state index < -0.39 is 134 Å². The van der Waals surface area contributed by atoms with Crippen molar-refractivity contribution in [1.29, 1.82) is 0 Å². The Morgan fingerprint density at radius 1 is 0.500 bits per heavy atom. The molecule has 1 saturated heterocycles. The summed E-state index contributed by atoms with van der Waals surface area (Å²) in [6.07, 6.45) is 28.0. The van der Waals surface area contributed by atoms with Crippen molar-refractivity contribution in [2.75, 3.05) is 52.9 Å². The molecule has 1 aliphatic heterocycles. The van der Waals surface area contributed by atoms with Gasteiger partial charge in [0.2, 0.25) is 11.8 Å². The highest BCUT2D eigenvalue weighted by molar-refractivity contribution is 6.74. The van der Waals surface area contributed by atoms with Crippen LogP contribution in [-0.4, -0.2) is 170 Å². The molecule has 1 aliphatic rings. The van der Waals surface area contributed by atoms with Crippen molar-refractivity contribution >= 4 is 61.4 Å². The lowest BCUT2D eigenvalue weighted by Gasteiger charge is -2.38. The molecule has 0 unspecified atom stereocenters. The number of hydrogen-bond donors (Lipinski definition) is 5. The molecule has 5 rings (SSSR count). The minimum Gasteiger partial charge on any atom is -0.481 e. The molecule has 4 aromatic carbocycles. The third kappa shape index (κ3) is 41.8. The smallest absolute Gasteiger partial charge is 0.339 e. The molecule has 0 bridgehead atoms. The molecule has 0 aromatic heterocycles. The van der Waals surface area contributed by atoms with Crippen molar-refractivity contribution in [1.82, 2.24) is 10.6 Å². The third-order valence-electron chi connectivity index (χ3n) is 22.1. The number of benzene rings is 4. The third-order valence-corrected chi connectivity index (χ3v) is 26.6. The van der Waals surface area contributed by atoms with Gasteiger partial charge in [-0.2, -0.15) is 0 Å². The fourth-order valence-corrected chi connectivity index (χ4v) is 14.8. The Morgan fingerprint density at radius 2 is 0.873 bits per heavy atom. The van der Waals surface area contributed by atoms with Crippen LogP contribution in [0.4, 0.5) is 0 Å². The van der Waals surface area contributed by atoms with E-state index in [9.17, 15) is 58.5 Å². The summed E-state index contributed by atoms with van der Waals surface area (Å²) < 4.78 is 52.4. The van der Waals surface area contributed by atoms with Crippen LogP contribution in [-0.2, 0) is 79.3 Å². The van der Waals surface area contributed by atoms with E-state index in [0.29, 0.717) is 78.4 Å². The maximum absolute atomic E-state index is 14.8. The van der Waals surface area contributed by atoms with Crippen molar-refractivity contribution in [3.8, 4) is 35.2 Å². The largest absolute Gasteiger partial charge is 0.481 e. The average molecular weight is 1770 g/mol. The van der Waals surface area contributed by atoms with E-state index in [4.69, 9.17) is 42.3 Å². The number of carbonyl (C=O) groups excluding carboxylic acids is 9. The molecule has 126 heavy (non-hydrogen) atoms. The van der Waals surface area contributed by atoms with Gasteiger partial charge >= 0.3 is 23.9 Å². The molecule has 1 heterocycles. The molecular weight excluding hydrogens is 1620 g/mol. The first kappa shape index (κ1) is 109. The molecule has 1 fully saturated rings. The second-order valence-corrected chi connectivity index (χ2v) is 40.7. The zero-order valence-electron chi connectivity index (χ0n) is 78.2. The van der Waals surface area contributed by atoms with Crippen molar-refractivity contribution in [3.05, 3.63) is 156 Å². The maximum atomic E-state index is 14.8. The van der Waals surface area contributed by atoms with Gasteiger partial charge in [-0.3, -0.25) is 24.0 Å². The molecule has 0 radical (unpaired) electrons. The fraction of sp³-hybridized carbons (Fsp3) is 0.598. The van der Waals surface area contributed by atoms with Crippen LogP contribution in [0, 0.1) is 35.5 Å². The van der Waals surface area contributed by atoms with Gasteiger partial charge in [0.15, 0.2) is 50.1 Å². The molecule has 0 saturated carbocycles. The van der Waals surface area contributed by atoms with Crippen molar-refractivity contribution in [3.63, 3.8) is 0 Å². The Morgan fingerprint density at radius 3 is 1.24 bits per heavy atom. The van der Waals surface area contributed by atoms with E-state index in [1.165, 1.54) is 51.0 Å². The molecule has 23 nitrogen and oxygen atoms in total. The van der Waals surface area contributed by atoms with Crippen LogP contribution in [0.25, 0.3) is 0 Å². The predicted molar refractivity (Wildman–Crippen MR) is 494 cm³/mol. The first-order valence-electron chi connectivity index (χ1n) is 45.5. The summed E-state index contributed by atoms with van der Waals surface area (Å²) in [5.74, 6) is 2.63. The van der Waals surface area contributed by atoms with Crippen molar-refractivity contribution in [2.45, 2.75) is 328 Å². The van der Waals surface area contributed by atoms with Gasteiger partial charge in [0.05, 0.1) is 25.0 Å². The molecule has 6 atom stereocenters. The Balaban J connectivity index is 0.000000535. The molecular formula is C102H148N2O21Si. The molecule has 4 aromatic rings. The van der Waals surface area contributed by atoms with E-state index >= 15 is 0 Å². The van der Waals surface area contributed by atoms with E-state index in [-0.39, 0.29) is 44.1 Å². The van der Waals surface area contributed by atoms with Crippen LogP contribution < -0.4 is 20.1 Å². The Kier molecular flexibility index (Phi) is 50.0. The SMILES string of the molecule is CC#CCOc1ccc(C[C@H](NC(=O)[C@@H](/C=C/CCCCCCC(=O)CCCCCCC)[C@@](O)(CCO)C(=O)OC(C)(C)C)C(=O)OCC(=O)c2ccccc2)cc1.CC#CCOc1ccc(C[C@H](NC(=O)[C@@H](/C=C/CCCCCCC2(CCCCCCC)OCCO2)[C@@](O)(CCO[Si](C)(C)C(C)(C)C)C(=O)OC(C)(C)C)C(=O)OCC(=O)c2ccccc2)cc1. The first-order valence-corrected chi connectivity index (χ1v) is 48.4. The highest BCUT2D eigenvalue weighted by Gasteiger charge is 2.52. The van der Waals surface area contributed by atoms with Gasteiger partial charge in [-0.1, -0.05) is 233 Å². The number of amides is 2. The number of aliphatic hydroxyl groups is 3. The van der Waals surface area contributed by atoms with Gasteiger partial charge < -0.3 is 68.3 Å². The lowest BCUT2D eigenvalue weighted by Crippen LogP contribution is -2.57. The van der Waals surface area contributed by atoms with Gasteiger partial charge in [-0.05, 0) is 160 Å². The number of carbonyl (C=O) groups is 9. The number of ketones is 3. The Labute approximate surface area is 752 Å². The normalized spacial score (nSPS) is 14.6. The van der Waals surface area contributed by atoms with Crippen LogP contribution in [0.3, 0.4) is 0 Å². The van der Waals surface area contributed by atoms with E-state index in [1.807, 2.05) is 6.08 Å². The van der Waals surface area contributed by atoms with E-state index in [0.717, 1.165) is 83.5 Å².